The van der Waals surface area contributed by atoms with Crippen molar-refractivity contribution in [3.63, 3.8) is 0 Å². The Morgan fingerprint density at radius 1 is 1.32 bits per heavy atom. The van der Waals surface area contributed by atoms with Gasteiger partial charge in [0, 0.05) is 31.7 Å². The lowest BCUT2D eigenvalue weighted by atomic mass is 10.1. The Hall–Kier alpha value is -1.06. The van der Waals surface area contributed by atoms with E-state index in [0.717, 1.165) is 38.0 Å². The summed E-state index contributed by atoms with van der Waals surface area (Å²) in [6, 6.07) is 8.00. The number of alkyl halides is 1. The Labute approximate surface area is 120 Å². The number of carbonyl (C=O) groups excluding carboxylic acids is 1. The summed E-state index contributed by atoms with van der Waals surface area (Å²) in [6.07, 6.45) is 4.79. The van der Waals surface area contributed by atoms with Crippen LogP contribution < -0.4 is 5.32 Å². The number of anilines is 1. The zero-order valence-electron chi connectivity index (χ0n) is 11.5. The highest BCUT2D eigenvalue weighted by atomic mass is 35.5. The third-order valence-corrected chi connectivity index (χ3v) is 3.04. The van der Waals surface area contributed by atoms with Crippen LogP contribution in [0.3, 0.4) is 0 Å². The number of nitrogens with one attached hydrogen (secondary N) is 1. The van der Waals surface area contributed by atoms with E-state index in [2.05, 4.69) is 11.4 Å². The minimum absolute atomic E-state index is 0.0350. The van der Waals surface area contributed by atoms with Gasteiger partial charge in [-0.25, -0.2) is 0 Å². The fourth-order valence-corrected chi connectivity index (χ4v) is 2.04. The van der Waals surface area contributed by atoms with Crippen molar-refractivity contribution in [3.05, 3.63) is 29.8 Å². The van der Waals surface area contributed by atoms with Crippen LogP contribution in [0.2, 0.25) is 0 Å². The van der Waals surface area contributed by atoms with E-state index in [9.17, 15) is 4.79 Å². The Morgan fingerprint density at radius 3 is 2.89 bits per heavy atom. The molecule has 4 heteroatoms. The molecule has 0 aliphatic rings. The lowest BCUT2D eigenvalue weighted by Gasteiger charge is -2.07. The van der Waals surface area contributed by atoms with E-state index >= 15 is 0 Å². The first-order valence-corrected chi connectivity index (χ1v) is 7.23. The maximum Gasteiger partial charge on any atom is 0.225 e. The Kier molecular flexibility index (Phi) is 8.26. The van der Waals surface area contributed by atoms with Crippen molar-refractivity contribution in [2.24, 2.45) is 0 Å². The third-order valence-electron chi connectivity index (χ3n) is 2.85. The van der Waals surface area contributed by atoms with E-state index in [1.54, 1.807) is 7.11 Å². The molecule has 0 heterocycles. The summed E-state index contributed by atoms with van der Waals surface area (Å²) in [7, 11) is 1.73. The first-order valence-electron chi connectivity index (χ1n) is 6.70. The number of benzene rings is 1. The topological polar surface area (TPSA) is 38.3 Å². The van der Waals surface area contributed by atoms with E-state index in [1.807, 2.05) is 18.2 Å². The lowest BCUT2D eigenvalue weighted by molar-refractivity contribution is -0.115. The summed E-state index contributed by atoms with van der Waals surface area (Å²) < 4.78 is 5.02. The standard InChI is InChI=1S/C15H22ClNO2/c1-19-11-4-2-3-6-13-7-5-8-14(12-13)17-15(18)9-10-16/h5,7-8,12H,2-4,6,9-11H2,1H3,(H,17,18). The first-order chi connectivity index (χ1) is 9.26. The van der Waals surface area contributed by atoms with E-state index < -0.39 is 0 Å². The first kappa shape index (κ1) is 16.0. The second kappa shape index (κ2) is 9.82. The zero-order valence-corrected chi connectivity index (χ0v) is 12.2. The van der Waals surface area contributed by atoms with Crippen molar-refractivity contribution in [1.29, 1.82) is 0 Å². The summed E-state index contributed by atoms with van der Waals surface area (Å²) in [5.74, 6) is 0.317. The lowest BCUT2D eigenvalue weighted by Crippen LogP contribution is -2.11. The van der Waals surface area contributed by atoms with E-state index in [0.29, 0.717) is 12.3 Å². The summed E-state index contributed by atoms with van der Waals surface area (Å²) in [6.45, 7) is 0.828. The van der Waals surface area contributed by atoms with Gasteiger partial charge in [0.15, 0.2) is 0 Å². The van der Waals surface area contributed by atoms with Crippen molar-refractivity contribution >= 4 is 23.2 Å². The molecule has 19 heavy (non-hydrogen) atoms. The molecule has 1 amide bonds. The highest BCUT2D eigenvalue weighted by Crippen LogP contribution is 2.14. The number of amides is 1. The second-order valence-electron chi connectivity index (χ2n) is 4.49. The van der Waals surface area contributed by atoms with Gasteiger partial charge in [0.1, 0.15) is 0 Å². The minimum Gasteiger partial charge on any atom is -0.385 e. The number of unbranched alkanes of at least 4 members (excludes halogenated alkanes) is 2. The number of rotatable bonds is 9. The molecular weight excluding hydrogens is 262 g/mol. The predicted octanol–water partition coefficient (Wildman–Crippen LogP) is 3.61. The number of halogens is 1. The van der Waals surface area contributed by atoms with Gasteiger partial charge in [-0.2, -0.15) is 0 Å². The fraction of sp³-hybridized carbons (Fsp3) is 0.533. The Bertz CT molecular complexity index is 382. The molecule has 0 unspecified atom stereocenters. The Morgan fingerprint density at radius 2 is 2.16 bits per heavy atom. The molecule has 0 aliphatic carbocycles. The highest BCUT2D eigenvalue weighted by Gasteiger charge is 2.02. The molecule has 1 aromatic rings. The van der Waals surface area contributed by atoms with Crippen LogP contribution in [-0.4, -0.2) is 25.5 Å². The summed E-state index contributed by atoms with van der Waals surface area (Å²) >= 11 is 5.53. The monoisotopic (exact) mass is 283 g/mol. The average Bonchev–Trinajstić information content (AvgIpc) is 2.39. The van der Waals surface area contributed by atoms with Crippen LogP contribution in [0.5, 0.6) is 0 Å². The molecule has 0 fully saturated rings. The number of aryl methyl sites for hydroxylation is 1. The molecular formula is C15H22ClNO2. The SMILES string of the molecule is COCCCCCc1cccc(NC(=O)CCCl)c1. The molecule has 0 saturated heterocycles. The third kappa shape index (κ3) is 7.19. The number of hydrogen-bond donors (Lipinski definition) is 1. The van der Waals surface area contributed by atoms with Gasteiger partial charge in [0.05, 0.1) is 0 Å². The van der Waals surface area contributed by atoms with Gasteiger partial charge < -0.3 is 10.1 Å². The highest BCUT2D eigenvalue weighted by molar-refractivity contribution is 6.19. The van der Waals surface area contributed by atoms with Gasteiger partial charge in [0.25, 0.3) is 0 Å². The zero-order chi connectivity index (χ0) is 13.9. The predicted molar refractivity (Wildman–Crippen MR) is 79.8 cm³/mol. The second-order valence-corrected chi connectivity index (χ2v) is 4.87. The van der Waals surface area contributed by atoms with Crippen molar-refractivity contribution in [3.8, 4) is 0 Å². The van der Waals surface area contributed by atoms with Crippen molar-refractivity contribution in [1.82, 2.24) is 0 Å². The van der Waals surface area contributed by atoms with Gasteiger partial charge >= 0.3 is 0 Å². The molecule has 0 saturated carbocycles. The van der Waals surface area contributed by atoms with Gasteiger partial charge in [-0.1, -0.05) is 18.6 Å². The van der Waals surface area contributed by atoms with E-state index in [-0.39, 0.29) is 5.91 Å². The summed E-state index contributed by atoms with van der Waals surface area (Å²) in [5.41, 5.74) is 2.10. The molecule has 0 spiro atoms. The van der Waals surface area contributed by atoms with Crippen molar-refractivity contribution in [2.45, 2.75) is 32.1 Å². The van der Waals surface area contributed by atoms with Crippen LogP contribution in [0, 0.1) is 0 Å². The fourth-order valence-electron chi connectivity index (χ4n) is 1.87. The van der Waals surface area contributed by atoms with Gasteiger partial charge in [-0.3, -0.25) is 4.79 Å². The molecule has 0 bridgehead atoms. The van der Waals surface area contributed by atoms with Gasteiger partial charge in [0.2, 0.25) is 5.91 Å². The van der Waals surface area contributed by atoms with Crippen LogP contribution in [0.4, 0.5) is 5.69 Å². The summed E-state index contributed by atoms with van der Waals surface area (Å²) in [4.78, 5) is 11.4. The maximum absolute atomic E-state index is 11.4. The molecule has 0 radical (unpaired) electrons. The number of methoxy groups -OCH3 is 1. The molecule has 3 nitrogen and oxygen atoms in total. The molecule has 1 aromatic carbocycles. The van der Waals surface area contributed by atoms with E-state index in [4.69, 9.17) is 16.3 Å². The van der Waals surface area contributed by atoms with Crippen LogP contribution >= 0.6 is 11.6 Å². The summed E-state index contributed by atoms with van der Waals surface area (Å²) in [5, 5.41) is 2.85. The molecule has 0 atom stereocenters. The quantitative estimate of drug-likeness (QED) is 0.555. The van der Waals surface area contributed by atoms with E-state index in [1.165, 1.54) is 5.56 Å². The maximum atomic E-state index is 11.4. The molecule has 0 aromatic heterocycles. The van der Waals surface area contributed by atoms with Crippen LogP contribution in [0.15, 0.2) is 24.3 Å². The molecule has 0 aliphatic heterocycles. The molecule has 106 valence electrons. The van der Waals surface area contributed by atoms with Gasteiger partial charge in [-0.05, 0) is 37.0 Å². The number of hydrogen-bond acceptors (Lipinski definition) is 2. The average molecular weight is 284 g/mol. The molecule has 1 N–H and O–H groups in total. The normalized spacial score (nSPS) is 10.4. The van der Waals surface area contributed by atoms with Crippen LogP contribution in [0.1, 0.15) is 31.2 Å². The Balaban J connectivity index is 2.37. The largest absolute Gasteiger partial charge is 0.385 e. The minimum atomic E-state index is -0.0350. The number of carbonyl (C=O) groups is 1. The van der Waals surface area contributed by atoms with Crippen LogP contribution in [-0.2, 0) is 16.0 Å². The van der Waals surface area contributed by atoms with Gasteiger partial charge in [-0.15, -0.1) is 11.6 Å². The van der Waals surface area contributed by atoms with Crippen LogP contribution in [0.25, 0.3) is 0 Å². The number of ether oxygens (including phenoxy) is 1. The van der Waals surface area contributed by atoms with Crippen molar-refractivity contribution in [2.75, 3.05) is 24.9 Å². The molecule has 1 rings (SSSR count). The van der Waals surface area contributed by atoms with Crippen molar-refractivity contribution < 1.29 is 9.53 Å². The smallest absolute Gasteiger partial charge is 0.225 e.